The van der Waals surface area contributed by atoms with Crippen LogP contribution in [-0.2, 0) is 20.3 Å². The number of carboxylic acid groups (broad SMARTS) is 1. The van der Waals surface area contributed by atoms with Crippen molar-refractivity contribution in [3.8, 4) is 0 Å². The summed E-state index contributed by atoms with van der Waals surface area (Å²) in [6, 6.07) is 14.7. The van der Waals surface area contributed by atoms with Gasteiger partial charge in [0.1, 0.15) is 0 Å². The van der Waals surface area contributed by atoms with Gasteiger partial charge < -0.3 is 15.5 Å². The number of benzene rings is 2. The first-order valence-corrected chi connectivity index (χ1v) is 8.76. The van der Waals surface area contributed by atoms with E-state index in [1.807, 2.05) is 6.07 Å². The molecule has 8 heteroatoms. The molecular formula is C17H17NO6P+. The number of amides is 1. The zero-order valence-corrected chi connectivity index (χ0v) is 14.1. The molecule has 1 amide bonds. The Kier molecular flexibility index (Phi) is 6.77. The molecule has 0 bridgehead atoms. The Labute approximate surface area is 145 Å². The van der Waals surface area contributed by atoms with Crippen LogP contribution in [0.3, 0.4) is 0 Å². The van der Waals surface area contributed by atoms with Crippen LogP contribution in [0, 0.1) is 0 Å². The fourth-order valence-electron chi connectivity index (χ4n) is 2.10. The van der Waals surface area contributed by atoms with Gasteiger partial charge in [0.15, 0.2) is 6.10 Å². The number of carbonyl (C=O) groups is 2. The van der Waals surface area contributed by atoms with Crippen molar-refractivity contribution < 1.29 is 28.9 Å². The van der Waals surface area contributed by atoms with Crippen molar-refractivity contribution in [2.45, 2.75) is 12.5 Å². The Morgan fingerprint density at radius 3 is 2.28 bits per heavy atom. The number of nitrogens with one attached hydrogen (secondary N) is 1. The first-order chi connectivity index (χ1) is 12.0. The van der Waals surface area contributed by atoms with Crippen molar-refractivity contribution in [3.05, 3.63) is 65.7 Å². The molecular weight excluding hydrogens is 345 g/mol. The van der Waals surface area contributed by atoms with Crippen LogP contribution >= 0.6 is 8.03 Å². The first-order valence-electron chi connectivity index (χ1n) is 7.40. The Morgan fingerprint density at radius 2 is 1.72 bits per heavy atom. The lowest BCUT2D eigenvalue weighted by molar-refractivity contribution is -0.122. The number of rotatable bonds is 8. The van der Waals surface area contributed by atoms with E-state index in [0.717, 1.165) is 5.56 Å². The lowest BCUT2D eigenvalue weighted by Crippen LogP contribution is -2.31. The molecule has 0 aliphatic carbocycles. The van der Waals surface area contributed by atoms with Crippen LogP contribution in [0.2, 0.25) is 0 Å². The molecule has 0 aliphatic rings. The number of carbonyl (C=O) groups excluding carboxylic acids is 1. The van der Waals surface area contributed by atoms with Gasteiger partial charge in [0.25, 0.3) is 12.3 Å². The number of aliphatic hydroxyl groups excluding tert-OH is 1. The largest absolute Gasteiger partial charge is 0.537 e. The number of anilines is 1. The predicted octanol–water partition coefficient (Wildman–Crippen LogP) is 2.64. The van der Waals surface area contributed by atoms with Crippen molar-refractivity contribution in [1.82, 2.24) is 0 Å². The van der Waals surface area contributed by atoms with Gasteiger partial charge in [-0.15, -0.1) is 4.52 Å². The van der Waals surface area contributed by atoms with Gasteiger partial charge in [0.05, 0.1) is 5.56 Å². The Balaban J connectivity index is 2.10. The molecule has 2 atom stereocenters. The summed E-state index contributed by atoms with van der Waals surface area (Å²) in [6.07, 6.45) is -1.56. The SMILES string of the molecule is O=C(O)c1ccc(NC(=O)[C@H](Cc2ccccc2)O[P+](=O)CO)cc1. The van der Waals surface area contributed by atoms with E-state index in [0.29, 0.717) is 5.69 Å². The van der Waals surface area contributed by atoms with Crippen LogP contribution < -0.4 is 5.32 Å². The van der Waals surface area contributed by atoms with Gasteiger partial charge in [-0.3, -0.25) is 4.79 Å². The van der Waals surface area contributed by atoms with Gasteiger partial charge in [-0.25, -0.2) is 4.79 Å². The molecule has 3 N–H and O–H groups in total. The molecule has 0 heterocycles. The Morgan fingerprint density at radius 1 is 1.08 bits per heavy atom. The van der Waals surface area contributed by atoms with E-state index in [2.05, 4.69) is 5.32 Å². The zero-order valence-electron chi connectivity index (χ0n) is 13.2. The Bertz CT molecular complexity index is 747. The van der Waals surface area contributed by atoms with E-state index < -0.39 is 32.4 Å². The van der Waals surface area contributed by atoms with Gasteiger partial charge in [0, 0.05) is 12.1 Å². The fourth-order valence-corrected chi connectivity index (χ4v) is 2.62. The lowest BCUT2D eigenvalue weighted by atomic mass is 10.1. The molecule has 0 saturated heterocycles. The standard InChI is InChI=1S/C17H16NO6P/c19-11-25(23)24-15(10-12-4-2-1-3-5-12)16(20)18-14-8-6-13(7-9-14)17(21)22/h1-9,15,19H,10-11H2,(H-,18,20,21,22)/p+1/t15-/m0/s1. The van der Waals surface area contributed by atoms with E-state index >= 15 is 0 Å². The fraction of sp³-hybridized carbons (Fsp3) is 0.176. The van der Waals surface area contributed by atoms with E-state index in [1.54, 1.807) is 24.3 Å². The van der Waals surface area contributed by atoms with Crippen molar-refractivity contribution in [2.24, 2.45) is 0 Å². The zero-order chi connectivity index (χ0) is 18.2. The van der Waals surface area contributed by atoms with E-state index in [-0.39, 0.29) is 12.0 Å². The Hall–Kier alpha value is -2.60. The number of hydrogen-bond donors (Lipinski definition) is 3. The van der Waals surface area contributed by atoms with E-state index in [4.69, 9.17) is 14.7 Å². The molecule has 25 heavy (non-hydrogen) atoms. The van der Waals surface area contributed by atoms with Gasteiger partial charge in [-0.1, -0.05) is 30.3 Å². The number of carboxylic acids is 1. The maximum atomic E-state index is 12.4. The minimum atomic E-state index is -2.37. The second kappa shape index (κ2) is 9.03. The van der Waals surface area contributed by atoms with Crippen LogP contribution in [0.5, 0.6) is 0 Å². The number of aliphatic hydroxyl groups is 1. The molecule has 0 aliphatic heterocycles. The summed E-state index contributed by atoms with van der Waals surface area (Å²) >= 11 is 0. The summed E-state index contributed by atoms with van der Waals surface area (Å²) < 4.78 is 16.7. The minimum Gasteiger partial charge on any atom is -0.478 e. The van der Waals surface area contributed by atoms with Gasteiger partial charge >= 0.3 is 14.0 Å². The second-order valence-corrected chi connectivity index (χ2v) is 6.29. The van der Waals surface area contributed by atoms with Crippen LogP contribution in [-0.4, -0.2) is 34.5 Å². The first kappa shape index (κ1) is 18.7. The summed E-state index contributed by atoms with van der Waals surface area (Å²) in [7, 11) is -2.37. The molecule has 0 radical (unpaired) electrons. The van der Waals surface area contributed by atoms with E-state index in [1.165, 1.54) is 24.3 Å². The predicted molar refractivity (Wildman–Crippen MR) is 91.7 cm³/mol. The summed E-state index contributed by atoms with van der Waals surface area (Å²) in [5, 5.41) is 20.4. The minimum absolute atomic E-state index is 0.0958. The van der Waals surface area contributed by atoms with Gasteiger partial charge in [0.2, 0.25) is 0 Å². The molecule has 7 nitrogen and oxygen atoms in total. The highest BCUT2D eigenvalue weighted by Gasteiger charge is 2.30. The lowest BCUT2D eigenvalue weighted by Gasteiger charge is -2.12. The highest BCUT2D eigenvalue weighted by atomic mass is 31.1. The highest BCUT2D eigenvalue weighted by molar-refractivity contribution is 7.38. The van der Waals surface area contributed by atoms with Crippen LogP contribution in [0.4, 0.5) is 5.69 Å². The van der Waals surface area contributed by atoms with Crippen LogP contribution in [0.25, 0.3) is 0 Å². The molecule has 2 aromatic carbocycles. The topological polar surface area (TPSA) is 113 Å². The quantitative estimate of drug-likeness (QED) is 0.622. The van der Waals surface area contributed by atoms with Crippen molar-refractivity contribution in [1.29, 1.82) is 0 Å². The van der Waals surface area contributed by atoms with Gasteiger partial charge in [-0.2, -0.15) is 0 Å². The maximum Gasteiger partial charge on any atom is 0.537 e. The monoisotopic (exact) mass is 362 g/mol. The number of hydrogen-bond acceptors (Lipinski definition) is 5. The average Bonchev–Trinajstić information content (AvgIpc) is 2.62. The molecule has 2 aromatic rings. The van der Waals surface area contributed by atoms with Gasteiger partial charge in [-0.05, 0) is 34.4 Å². The van der Waals surface area contributed by atoms with E-state index in [9.17, 15) is 14.2 Å². The van der Waals surface area contributed by atoms with Crippen LogP contribution in [0.1, 0.15) is 15.9 Å². The summed E-state index contributed by atoms with van der Waals surface area (Å²) in [5.74, 6) is -1.60. The maximum absolute atomic E-state index is 12.4. The third-order valence-electron chi connectivity index (χ3n) is 3.32. The number of aromatic carboxylic acids is 1. The van der Waals surface area contributed by atoms with Crippen molar-refractivity contribution in [2.75, 3.05) is 11.7 Å². The average molecular weight is 362 g/mol. The molecule has 0 fully saturated rings. The van der Waals surface area contributed by atoms with Crippen molar-refractivity contribution >= 4 is 25.6 Å². The third-order valence-corrected chi connectivity index (χ3v) is 4.04. The molecule has 0 saturated carbocycles. The highest BCUT2D eigenvalue weighted by Crippen LogP contribution is 2.25. The molecule has 0 aromatic heterocycles. The van der Waals surface area contributed by atoms with Crippen molar-refractivity contribution in [3.63, 3.8) is 0 Å². The molecule has 1 unspecified atom stereocenters. The second-order valence-electron chi connectivity index (χ2n) is 5.13. The third kappa shape index (κ3) is 5.76. The smallest absolute Gasteiger partial charge is 0.478 e. The normalized spacial score (nSPS) is 12.3. The summed E-state index contributed by atoms with van der Waals surface area (Å²) in [5.41, 5.74) is 1.29. The molecule has 130 valence electrons. The molecule has 2 rings (SSSR count). The molecule has 0 spiro atoms. The summed E-state index contributed by atoms with van der Waals surface area (Å²) in [4.78, 5) is 23.3. The summed E-state index contributed by atoms with van der Waals surface area (Å²) in [6.45, 7) is 0. The van der Waals surface area contributed by atoms with Crippen LogP contribution in [0.15, 0.2) is 54.6 Å².